The third-order valence-corrected chi connectivity index (χ3v) is 4.41. The van der Waals surface area contributed by atoms with Crippen LogP contribution in [0.4, 0.5) is 0 Å². The molecule has 0 N–H and O–H groups in total. The highest BCUT2D eigenvalue weighted by Gasteiger charge is 2.40. The van der Waals surface area contributed by atoms with Crippen LogP contribution < -0.4 is 0 Å². The van der Waals surface area contributed by atoms with Crippen LogP contribution in [0.25, 0.3) is 0 Å². The molecule has 0 aromatic carbocycles. The highest BCUT2D eigenvalue weighted by atomic mass is 32.1. The van der Waals surface area contributed by atoms with E-state index < -0.39 is 5.79 Å². The molecule has 2 fully saturated rings. The van der Waals surface area contributed by atoms with E-state index in [-0.39, 0.29) is 5.91 Å². The van der Waals surface area contributed by atoms with Gasteiger partial charge in [-0.3, -0.25) is 4.79 Å². The second kappa shape index (κ2) is 5.56. The standard InChI is InChI=1S/C13H18N2O3S/c16-12(2-1-11-9-19-10-14-11)15-5-3-13(4-6-15)17-7-8-18-13/h9-10H,1-8H2. The maximum absolute atomic E-state index is 12.1. The number of aromatic nitrogens is 1. The van der Waals surface area contributed by atoms with E-state index in [1.54, 1.807) is 16.8 Å². The Balaban J connectivity index is 1.46. The molecule has 1 aromatic rings. The van der Waals surface area contributed by atoms with Crippen LogP contribution in [0, 0.1) is 0 Å². The van der Waals surface area contributed by atoms with Crippen molar-refractivity contribution in [2.45, 2.75) is 31.5 Å². The molecule has 1 spiro atoms. The van der Waals surface area contributed by atoms with Gasteiger partial charge in [-0.05, 0) is 6.42 Å². The number of rotatable bonds is 3. The number of carbonyl (C=O) groups excluding carboxylic acids is 1. The Bertz CT molecular complexity index is 419. The normalized spacial score (nSPS) is 22.0. The first-order valence-electron chi connectivity index (χ1n) is 6.70. The van der Waals surface area contributed by atoms with Crippen molar-refractivity contribution in [1.29, 1.82) is 0 Å². The van der Waals surface area contributed by atoms with Crippen LogP contribution in [0.2, 0.25) is 0 Å². The van der Waals surface area contributed by atoms with Crippen molar-refractivity contribution in [3.05, 3.63) is 16.6 Å². The Morgan fingerprint density at radius 2 is 2.11 bits per heavy atom. The maximum Gasteiger partial charge on any atom is 0.222 e. The summed E-state index contributed by atoms with van der Waals surface area (Å²) in [6.45, 7) is 2.82. The molecule has 2 aliphatic rings. The fraction of sp³-hybridized carbons (Fsp3) is 0.692. The van der Waals surface area contributed by atoms with E-state index in [2.05, 4.69) is 4.98 Å². The van der Waals surface area contributed by atoms with Crippen molar-refractivity contribution in [1.82, 2.24) is 9.88 Å². The summed E-state index contributed by atoms with van der Waals surface area (Å²) in [7, 11) is 0. The molecule has 104 valence electrons. The van der Waals surface area contributed by atoms with Crippen molar-refractivity contribution < 1.29 is 14.3 Å². The van der Waals surface area contributed by atoms with Crippen molar-refractivity contribution in [3.8, 4) is 0 Å². The summed E-state index contributed by atoms with van der Waals surface area (Å²) in [5.74, 6) is -0.188. The zero-order valence-corrected chi connectivity index (χ0v) is 11.7. The van der Waals surface area contributed by atoms with Gasteiger partial charge in [0.2, 0.25) is 5.91 Å². The first kappa shape index (κ1) is 13.0. The number of amides is 1. The van der Waals surface area contributed by atoms with Gasteiger partial charge in [-0.1, -0.05) is 0 Å². The van der Waals surface area contributed by atoms with Crippen LogP contribution in [0.5, 0.6) is 0 Å². The molecule has 5 nitrogen and oxygen atoms in total. The molecule has 0 unspecified atom stereocenters. The topological polar surface area (TPSA) is 51.7 Å². The summed E-state index contributed by atoms with van der Waals surface area (Å²) in [4.78, 5) is 18.2. The van der Waals surface area contributed by atoms with Gasteiger partial charge < -0.3 is 14.4 Å². The molecule has 0 radical (unpaired) electrons. The van der Waals surface area contributed by atoms with E-state index in [9.17, 15) is 4.79 Å². The van der Waals surface area contributed by atoms with Gasteiger partial charge in [-0.25, -0.2) is 4.98 Å². The number of aryl methyl sites for hydroxylation is 1. The Morgan fingerprint density at radius 3 is 2.74 bits per heavy atom. The summed E-state index contributed by atoms with van der Waals surface area (Å²) < 4.78 is 11.3. The minimum atomic E-state index is -0.397. The number of ether oxygens (including phenoxy) is 2. The Kier molecular flexibility index (Phi) is 3.81. The summed E-state index contributed by atoms with van der Waals surface area (Å²) in [5.41, 5.74) is 2.81. The van der Waals surface area contributed by atoms with Gasteiger partial charge in [0.1, 0.15) is 0 Å². The van der Waals surface area contributed by atoms with Crippen molar-refractivity contribution in [3.63, 3.8) is 0 Å². The summed E-state index contributed by atoms with van der Waals surface area (Å²) in [6.07, 6.45) is 2.85. The lowest BCUT2D eigenvalue weighted by atomic mass is 10.0. The number of hydrogen-bond acceptors (Lipinski definition) is 5. The fourth-order valence-electron chi connectivity index (χ4n) is 2.64. The summed E-state index contributed by atoms with van der Waals surface area (Å²) >= 11 is 1.57. The Labute approximate surface area is 116 Å². The molecule has 2 aliphatic heterocycles. The molecule has 0 atom stereocenters. The summed E-state index contributed by atoms with van der Waals surface area (Å²) in [6, 6.07) is 0. The van der Waals surface area contributed by atoms with Crippen molar-refractivity contribution in [2.24, 2.45) is 0 Å². The molecule has 0 aliphatic carbocycles. The number of carbonyl (C=O) groups is 1. The third kappa shape index (κ3) is 2.96. The second-order valence-electron chi connectivity index (χ2n) is 4.97. The number of hydrogen-bond donors (Lipinski definition) is 0. The molecule has 6 heteroatoms. The van der Waals surface area contributed by atoms with E-state index in [0.29, 0.717) is 19.6 Å². The molecular weight excluding hydrogens is 264 g/mol. The minimum Gasteiger partial charge on any atom is -0.347 e. The SMILES string of the molecule is O=C(CCc1cscn1)N1CCC2(CC1)OCCO2. The van der Waals surface area contributed by atoms with Crippen LogP contribution in [0.15, 0.2) is 10.9 Å². The zero-order valence-electron chi connectivity index (χ0n) is 10.8. The van der Waals surface area contributed by atoms with E-state index >= 15 is 0 Å². The van der Waals surface area contributed by atoms with Crippen LogP contribution in [-0.4, -0.2) is 47.9 Å². The predicted octanol–water partition coefficient (Wildman–Crippen LogP) is 1.44. The lowest BCUT2D eigenvalue weighted by Crippen LogP contribution is -2.47. The molecule has 3 heterocycles. The lowest BCUT2D eigenvalue weighted by Gasteiger charge is -2.37. The predicted molar refractivity (Wildman–Crippen MR) is 70.9 cm³/mol. The molecule has 0 saturated carbocycles. The van der Waals surface area contributed by atoms with Gasteiger partial charge in [-0.2, -0.15) is 0 Å². The quantitative estimate of drug-likeness (QED) is 0.842. The third-order valence-electron chi connectivity index (χ3n) is 3.77. The number of nitrogens with zero attached hydrogens (tertiary/aromatic N) is 2. The monoisotopic (exact) mass is 282 g/mol. The minimum absolute atomic E-state index is 0.209. The molecule has 0 bridgehead atoms. The zero-order chi connectivity index (χ0) is 13.1. The average molecular weight is 282 g/mol. The number of thiazole rings is 1. The Hall–Kier alpha value is -0.980. The highest BCUT2D eigenvalue weighted by Crippen LogP contribution is 2.31. The van der Waals surface area contributed by atoms with Crippen LogP contribution in [0.1, 0.15) is 25.0 Å². The van der Waals surface area contributed by atoms with Crippen LogP contribution in [0.3, 0.4) is 0 Å². The largest absolute Gasteiger partial charge is 0.347 e. The van der Waals surface area contributed by atoms with E-state index in [4.69, 9.17) is 9.47 Å². The highest BCUT2D eigenvalue weighted by molar-refractivity contribution is 7.07. The summed E-state index contributed by atoms with van der Waals surface area (Å²) in [5, 5.41) is 2.00. The molecule has 1 amide bonds. The first-order valence-corrected chi connectivity index (χ1v) is 7.64. The van der Waals surface area contributed by atoms with E-state index in [1.165, 1.54) is 0 Å². The van der Waals surface area contributed by atoms with E-state index in [0.717, 1.165) is 38.0 Å². The van der Waals surface area contributed by atoms with Crippen LogP contribution in [-0.2, 0) is 20.7 Å². The number of piperidine rings is 1. The van der Waals surface area contributed by atoms with Gasteiger partial charge in [0, 0.05) is 37.7 Å². The molecular formula is C13H18N2O3S. The second-order valence-corrected chi connectivity index (χ2v) is 5.69. The molecule has 2 saturated heterocycles. The van der Waals surface area contributed by atoms with E-state index in [1.807, 2.05) is 10.3 Å². The maximum atomic E-state index is 12.1. The first-order chi connectivity index (χ1) is 9.27. The lowest BCUT2D eigenvalue weighted by molar-refractivity contribution is -0.187. The van der Waals surface area contributed by atoms with Gasteiger partial charge in [-0.15, -0.1) is 11.3 Å². The van der Waals surface area contributed by atoms with Gasteiger partial charge in [0.25, 0.3) is 0 Å². The van der Waals surface area contributed by atoms with Gasteiger partial charge in [0.15, 0.2) is 5.79 Å². The number of likely N-dealkylation sites (tertiary alicyclic amines) is 1. The van der Waals surface area contributed by atoms with Crippen molar-refractivity contribution in [2.75, 3.05) is 26.3 Å². The van der Waals surface area contributed by atoms with Gasteiger partial charge in [0.05, 0.1) is 24.4 Å². The van der Waals surface area contributed by atoms with Gasteiger partial charge >= 0.3 is 0 Å². The molecule has 1 aromatic heterocycles. The van der Waals surface area contributed by atoms with Crippen LogP contribution >= 0.6 is 11.3 Å². The fourth-order valence-corrected chi connectivity index (χ4v) is 3.23. The Morgan fingerprint density at radius 1 is 1.37 bits per heavy atom. The van der Waals surface area contributed by atoms with Crippen molar-refractivity contribution >= 4 is 17.2 Å². The average Bonchev–Trinajstić information content (AvgIpc) is 3.09. The smallest absolute Gasteiger partial charge is 0.222 e. The molecule has 19 heavy (non-hydrogen) atoms. The molecule has 3 rings (SSSR count).